The summed E-state index contributed by atoms with van der Waals surface area (Å²) in [6, 6.07) is 18.1. The Hall–Kier alpha value is -2.49. The van der Waals surface area contributed by atoms with Gasteiger partial charge in [0.2, 0.25) is 5.91 Å². The molecule has 1 amide bonds. The minimum Gasteiger partial charge on any atom is -0.381 e. The molecule has 0 aromatic heterocycles. The van der Waals surface area contributed by atoms with E-state index in [0.717, 1.165) is 36.3 Å². The second-order valence-corrected chi connectivity index (χ2v) is 11.7. The van der Waals surface area contributed by atoms with Crippen LogP contribution in [0.4, 0.5) is 14.5 Å². The van der Waals surface area contributed by atoms with Gasteiger partial charge in [-0.2, -0.15) is 0 Å². The maximum atomic E-state index is 14.9. The van der Waals surface area contributed by atoms with Crippen molar-refractivity contribution >= 4 is 35.1 Å². The van der Waals surface area contributed by atoms with E-state index in [2.05, 4.69) is 9.62 Å². The zero-order valence-corrected chi connectivity index (χ0v) is 23.1. The maximum absolute atomic E-state index is 14.9. The summed E-state index contributed by atoms with van der Waals surface area (Å²) in [5.74, 6) is -0.978. The summed E-state index contributed by atoms with van der Waals surface area (Å²) in [5, 5.41) is 3.56. The van der Waals surface area contributed by atoms with Gasteiger partial charge in [-0.15, -0.1) is 0 Å². The Morgan fingerprint density at radius 1 is 1.08 bits per heavy atom. The van der Waals surface area contributed by atoms with Crippen LogP contribution in [0.5, 0.6) is 0 Å². The molecular weight excluding hydrogens is 540 g/mol. The van der Waals surface area contributed by atoms with Crippen molar-refractivity contribution in [2.75, 3.05) is 25.1 Å². The van der Waals surface area contributed by atoms with Gasteiger partial charge in [0.25, 0.3) is 0 Å². The highest BCUT2D eigenvalue weighted by Gasteiger charge is 2.36. The third kappa shape index (κ3) is 7.18. The molecule has 0 saturated carbocycles. The molecule has 2 aliphatic rings. The average Bonchev–Trinajstić information content (AvgIpc) is 3.69. The van der Waals surface area contributed by atoms with E-state index in [1.807, 2.05) is 24.3 Å². The summed E-state index contributed by atoms with van der Waals surface area (Å²) in [7, 11) is 0. The predicted molar refractivity (Wildman–Crippen MR) is 152 cm³/mol. The number of carbonyl (C=O) groups excluding carboxylic acids is 1. The molecule has 206 valence electrons. The number of anilines is 1. The maximum Gasteiger partial charge on any atom is 0.241 e. The number of benzene rings is 3. The first-order valence-electron chi connectivity index (χ1n) is 13.3. The molecule has 0 aliphatic carbocycles. The number of nitrogens with one attached hydrogen (secondary N) is 1. The van der Waals surface area contributed by atoms with Crippen molar-refractivity contribution in [2.45, 2.75) is 48.6 Å². The fraction of sp³-hybridized carbons (Fsp3) is 0.367. The number of carbonyl (C=O) groups is 1. The van der Waals surface area contributed by atoms with E-state index < -0.39 is 6.04 Å². The second-order valence-electron chi connectivity index (χ2n) is 10.1. The second kappa shape index (κ2) is 12.8. The summed E-state index contributed by atoms with van der Waals surface area (Å²) >= 11 is 7.68. The standard InChI is InChI=1S/C30H32ClF2N3O2S/c31-21-6-4-19(5-7-21)28(20-14-16-38-17-15-20)29(34)30(37)35-27-3-1-2-26(33)25(27)13-10-23-18-36(23)39-24-11-8-22(32)9-12-24/h1-9,11-12,20,23,28-29H,10,13-18,34H2,(H,35,37)/t23-,28?,29-,36?/m0/s1. The minimum absolute atomic E-state index is 0.187. The van der Waals surface area contributed by atoms with Gasteiger partial charge in [-0.25, -0.2) is 13.1 Å². The molecule has 3 aromatic carbocycles. The van der Waals surface area contributed by atoms with Crippen molar-refractivity contribution in [1.82, 2.24) is 4.31 Å². The van der Waals surface area contributed by atoms with E-state index in [9.17, 15) is 13.6 Å². The quantitative estimate of drug-likeness (QED) is 0.217. The fourth-order valence-corrected chi connectivity index (χ4v) is 6.45. The molecule has 2 unspecified atom stereocenters. The third-order valence-electron chi connectivity index (χ3n) is 7.52. The SMILES string of the molecule is N[C@H](C(=O)Nc1cccc(F)c1CC[C@H]1CN1Sc1ccc(F)cc1)C(c1ccc(Cl)cc1)C1CCOCC1. The number of ether oxygens (including phenoxy) is 1. The Morgan fingerprint density at radius 3 is 2.51 bits per heavy atom. The van der Waals surface area contributed by atoms with Crippen LogP contribution in [0.15, 0.2) is 71.6 Å². The molecule has 0 bridgehead atoms. The van der Waals surface area contributed by atoms with Crippen LogP contribution in [0.1, 0.15) is 36.3 Å². The van der Waals surface area contributed by atoms with Crippen molar-refractivity contribution in [2.24, 2.45) is 11.7 Å². The van der Waals surface area contributed by atoms with E-state index in [0.29, 0.717) is 35.9 Å². The zero-order valence-electron chi connectivity index (χ0n) is 21.5. The van der Waals surface area contributed by atoms with Crippen molar-refractivity contribution in [3.05, 3.63) is 94.5 Å². The highest BCUT2D eigenvalue weighted by Crippen LogP contribution is 2.38. The van der Waals surface area contributed by atoms with Gasteiger partial charge >= 0.3 is 0 Å². The molecule has 2 heterocycles. The largest absolute Gasteiger partial charge is 0.381 e. The van der Waals surface area contributed by atoms with Crippen LogP contribution >= 0.6 is 23.5 Å². The van der Waals surface area contributed by atoms with Crippen molar-refractivity contribution < 1.29 is 18.3 Å². The Kier molecular flexibility index (Phi) is 9.20. The summed E-state index contributed by atoms with van der Waals surface area (Å²) in [6.45, 7) is 2.14. The number of hydrogen-bond donors (Lipinski definition) is 2. The number of hydrogen-bond acceptors (Lipinski definition) is 5. The molecule has 3 N–H and O–H groups in total. The van der Waals surface area contributed by atoms with Gasteiger partial charge < -0.3 is 15.8 Å². The molecule has 2 saturated heterocycles. The van der Waals surface area contributed by atoms with Crippen LogP contribution in [0.2, 0.25) is 5.02 Å². The fourth-order valence-electron chi connectivity index (χ4n) is 5.29. The molecule has 3 aromatic rings. The molecule has 39 heavy (non-hydrogen) atoms. The smallest absolute Gasteiger partial charge is 0.241 e. The average molecular weight is 572 g/mol. The molecule has 0 spiro atoms. The van der Waals surface area contributed by atoms with E-state index in [-0.39, 0.29) is 35.4 Å². The molecular formula is C30H32ClF2N3O2S. The summed E-state index contributed by atoms with van der Waals surface area (Å²) in [6.07, 6.45) is 2.84. The van der Waals surface area contributed by atoms with E-state index >= 15 is 0 Å². The van der Waals surface area contributed by atoms with Crippen LogP contribution < -0.4 is 11.1 Å². The van der Waals surface area contributed by atoms with Gasteiger partial charge in [0, 0.05) is 52.9 Å². The van der Waals surface area contributed by atoms with Gasteiger partial charge in [-0.1, -0.05) is 29.8 Å². The lowest BCUT2D eigenvalue weighted by Crippen LogP contribution is -2.44. The van der Waals surface area contributed by atoms with Gasteiger partial charge in [0.15, 0.2) is 0 Å². The summed E-state index contributed by atoms with van der Waals surface area (Å²) in [4.78, 5) is 14.4. The third-order valence-corrected chi connectivity index (χ3v) is 8.94. The van der Waals surface area contributed by atoms with Crippen LogP contribution in [0.25, 0.3) is 0 Å². The lowest BCUT2D eigenvalue weighted by atomic mass is 9.76. The van der Waals surface area contributed by atoms with E-state index in [1.54, 1.807) is 36.2 Å². The van der Waals surface area contributed by atoms with Crippen LogP contribution in [0.3, 0.4) is 0 Å². The normalized spacial score (nSPS) is 20.8. The number of nitrogens with zero attached hydrogens (tertiary/aromatic N) is 1. The number of amides is 1. The Morgan fingerprint density at radius 2 is 1.79 bits per heavy atom. The van der Waals surface area contributed by atoms with Crippen molar-refractivity contribution in [3.8, 4) is 0 Å². The first-order valence-corrected chi connectivity index (χ1v) is 14.4. The van der Waals surface area contributed by atoms with E-state index in [4.69, 9.17) is 22.1 Å². The summed E-state index contributed by atoms with van der Waals surface area (Å²) < 4.78 is 35.8. The van der Waals surface area contributed by atoms with Gasteiger partial charge in [0.05, 0.1) is 6.04 Å². The van der Waals surface area contributed by atoms with Crippen LogP contribution in [0, 0.1) is 17.6 Å². The first-order chi connectivity index (χ1) is 18.9. The number of rotatable bonds is 10. The van der Waals surface area contributed by atoms with Gasteiger partial charge in [-0.05, 0) is 97.6 Å². The monoisotopic (exact) mass is 571 g/mol. The van der Waals surface area contributed by atoms with Crippen molar-refractivity contribution in [3.63, 3.8) is 0 Å². The first kappa shape index (κ1) is 28.1. The minimum atomic E-state index is -0.823. The Balaban J connectivity index is 1.25. The number of halogens is 3. The molecule has 0 radical (unpaired) electrons. The van der Waals surface area contributed by atoms with Gasteiger partial charge in [0.1, 0.15) is 11.6 Å². The van der Waals surface area contributed by atoms with E-state index in [1.165, 1.54) is 18.2 Å². The predicted octanol–water partition coefficient (Wildman–Crippen LogP) is 6.42. The Bertz CT molecular complexity index is 1270. The molecule has 5 nitrogen and oxygen atoms in total. The molecule has 5 rings (SSSR count). The number of nitrogens with two attached hydrogens (primary N) is 1. The van der Waals surface area contributed by atoms with Gasteiger partial charge in [-0.3, -0.25) is 4.79 Å². The van der Waals surface area contributed by atoms with Crippen molar-refractivity contribution in [1.29, 1.82) is 0 Å². The highest BCUT2D eigenvalue weighted by molar-refractivity contribution is 7.97. The molecule has 2 aliphatic heterocycles. The Labute approximate surface area is 237 Å². The molecule has 9 heteroatoms. The van der Waals surface area contributed by atoms with Crippen LogP contribution in [-0.2, 0) is 16.0 Å². The summed E-state index contributed by atoms with van der Waals surface area (Å²) in [5.41, 5.74) is 8.51. The topological polar surface area (TPSA) is 67.4 Å². The highest BCUT2D eigenvalue weighted by atomic mass is 35.5. The lowest BCUT2D eigenvalue weighted by molar-refractivity contribution is -0.118. The zero-order chi connectivity index (χ0) is 27.4. The van der Waals surface area contributed by atoms with Crippen LogP contribution in [-0.4, -0.2) is 42.1 Å². The lowest BCUT2D eigenvalue weighted by Gasteiger charge is -2.34. The molecule has 2 fully saturated rings. The molecule has 4 atom stereocenters.